The molecule has 1 saturated heterocycles. The number of benzene rings is 1. The van der Waals surface area contributed by atoms with Crippen molar-refractivity contribution in [2.75, 3.05) is 26.2 Å². The molecule has 5 nitrogen and oxygen atoms in total. The first-order chi connectivity index (χ1) is 12.5. The third-order valence-corrected chi connectivity index (χ3v) is 4.85. The van der Waals surface area contributed by atoms with Crippen LogP contribution in [0.1, 0.15) is 45.7 Å². The minimum absolute atomic E-state index is 0.327. The first kappa shape index (κ1) is 20.7. The van der Waals surface area contributed by atoms with Gasteiger partial charge in [0.1, 0.15) is 0 Å². The Bertz CT molecular complexity index is 573. The van der Waals surface area contributed by atoms with Gasteiger partial charge in [0.15, 0.2) is 5.96 Å². The predicted molar refractivity (Wildman–Crippen MR) is 109 cm³/mol. The molecule has 0 spiro atoms. The van der Waals surface area contributed by atoms with Crippen molar-refractivity contribution < 1.29 is 4.74 Å². The summed E-state index contributed by atoms with van der Waals surface area (Å²) in [5.74, 6) is 1.46. The summed E-state index contributed by atoms with van der Waals surface area (Å²) in [5.41, 5.74) is 2.60. The Morgan fingerprint density at radius 1 is 1.31 bits per heavy atom. The van der Waals surface area contributed by atoms with Crippen molar-refractivity contribution in [1.82, 2.24) is 15.5 Å². The predicted octanol–water partition coefficient (Wildman–Crippen LogP) is 3.01. The van der Waals surface area contributed by atoms with Crippen LogP contribution in [-0.4, -0.2) is 49.2 Å². The summed E-state index contributed by atoms with van der Waals surface area (Å²) in [6, 6.07) is 9.17. The van der Waals surface area contributed by atoms with Crippen molar-refractivity contribution in [3.8, 4) is 0 Å². The van der Waals surface area contributed by atoms with Crippen LogP contribution in [0.25, 0.3) is 0 Å². The molecule has 1 aliphatic heterocycles. The number of guanidine groups is 1. The molecule has 26 heavy (non-hydrogen) atoms. The topological polar surface area (TPSA) is 48.9 Å². The lowest BCUT2D eigenvalue weighted by molar-refractivity contribution is -0.0212. The number of nitrogens with zero attached hydrogens (tertiary/aromatic N) is 2. The molecule has 1 aromatic rings. The normalized spacial score (nSPS) is 20.2. The second-order valence-corrected chi connectivity index (χ2v) is 7.61. The van der Waals surface area contributed by atoms with Crippen LogP contribution in [0.3, 0.4) is 0 Å². The molecule has 0 aliphatic carbocycles. The SMILES string of the molecule is CCNC(=NCc1cccc(CN2CCOC(C)C2)c1)NC(C)C(C)C. The minimum atomic E-state index is 0.327. The van der Waals surface area contributed by atoms with Crippen molar-refractivity contribution in [3.63, 3.8) is 0 Å². The first-order valence-electron chi connectivity index (χ1n) is 9.94. The molecule has 0 radical (unpaired) electrons. The van der Waals surface area contributed by atoms with E-state index in [2.05, 4.69) is 74.4 Å². The molecular formula is C21H36N4O. The molecule has 2 N–H and O–H groups in total. The highest BCUT2D eigenvalue weighted by molar-refractivity contribution is 5.80. The Balaban J connectivity index is 1.97. The van der Waals surface area contributed by atoms with Crippen molar-refractivity contribution in [2.45, 2.75) is 59.9 Å². The van der Waals surface area contributed by atoms with Crippen LogP contribution in [0.15, 0.2) is 29.3 Å². The van der Waals surface area contributed by atoms with Gasteiger partial charge in [-0.25, -0.2) is 4.99 Å². The summed E-state index contributed by atoms with van der Waals surface area (Å²) < 4.78 is 5.63. The van der Waals surface area contributed by atoms with E-state index in [1.54, 1.807) is 0 Å². The van der Waals surface area contributed by atoms with Gasteiger partial charge in [-0.2, -0.15) is 0 Å². The summed E-state index contributed by atoms with van der Waals surface area (Å²) >= 11 is 0. The molecule has 0 saturated carbocycles. The van der Waals surface area contributed by atoms with Gasteiger partial charge in [0.2, 0.25) is 0 Å². The third-order valence-electron chi connectivity index (χ3n) is 4.85. The fourth-order valence-electron chi connectivity index (χ4n) is 2.99. The molecule has 1 aromatic carbocycles. The van der Waals surface area contributed by atoms with Gasteiger partial charge in [-0.05, 0) is 37.8 Å². The zero-order chi connectivity index (χ0) is 18.9. The molecule has 2 unspecified atom stereocenters. The maximum absolute atomic E-state index is 5.63. The van der Waals surface area contributed by atoms with Gasteiger partial charge < -0.3 is 15.4 Å². The fourth-order valence-corrected chi connectivity index (χ4v) is 2.99. The van der Waals surface area contributed by atoms with Gasteiger partial charge in [0.05, 0.1) is 19.3 Å². The van der Waals surface area contributed by atoms with Gasteiger partial charge in [-0.1, -0.05) is 38.1 Å². The summed E-state index contributed by atoms with van der Waals surface area (Å²) in [7, 11) is 0. The smallest absolute Gasteiger partial charge is 0.191 e. The van der Waals surface area contributed by atoms with Crippen LogP contribution >= 0.6 is 0 Å². The van der Waals surface area contributed by atoms with Gasteiger partial charge >= 0.3 is 0 Å². The number of hydrogen-bond donors (Lipinski definition) is 2. The lowest BCUT2D eigenvalue weighted by Gasteiger charge is -2.31. The monoisotopic (exact) mass is 360 g/mol. The molecule has 2 rings (SSSR count). The van der Waals surface area contributed by atoms with Crippen LogP contribution < -0.4 is 10.6 Å². The van der Waals surface area contributed by atoms with Gasteiger partial charge in [-0.3, -0.25) is 4.90 Å². The van der Waals surface area contributed by atoms with Crippen molar-refractivity contribution in [2.24, 2.45) is 10.9 Å². The molecule has 0 amide bonds. The molecule has 2 atom stereocenters. The molecule has 1 heterocycles. The summed E-state index contributed by atoms with van der Waals surface area (Å²) in [5, 5.41) is 6.83. The quantitative estimate of drug-likeness (QED) is 0.580. The standard InChI is InChI=1S/C21H36N4O/c1-6-22-21(24-18(5)16(2)3)23-13-19-8-7-9-20(12-19)15-25-10-11-26-17(4)14-25/h7-9,12,16-18H,6,10-11,13-15H2,1-5H3,(H2,22,23,24). The first-order valence-corrected chi connectivity index (χ1v) is 9.94. The highest BCUT2D eigenvalue weighted by Gasteiger charge is 2.16. The third kappa shape index (κ3) is 6.96. The Kier molecular flexibility index (Phi) is 8.39. The highest BCUT2D eigenvalue weighted by Crippen LogP contribution is 2.13. The fraction of sp³-hybridized carbons (Fsp3) is 0.667. The Morgan fingerprint density at radius 2 is 2.08 bits per heavy atom. The Morgan fingerprint density at radius 3 is 2.77 bits per heavy atom. The van der Waals surface area contributed by atoms with E-state index in [0.717, 1.165) is 38.7 Å². The van der Waals surface area contributed by atoms with E-state index >= 15 is 0 Å². The summed E-state index contributed by atoms with van der Waals surface area (Å²) in [4.78, 5) is 7.23. The number of ether oxygens (including phenoxy) is 1. The zero-order valence-corrected chi connectivity index (χ0v) is 17.1. The largest absolute Gasteiger partial charge is 0.376 e. The van der Waals surface area contributed by atoms with Crippen LogP contribution in [0.2, 0.25) is 0 Å². The number of rotatable bonds is 7. The molecule has 146 valence electrons. The number of morpholine rings is 1. The molecular weight excluding hydrogens is 324 g/mol. The van der Waals surface area contributed by atoms with E-state index in [9.17, 15) is 0 Å². The van der Waals surface area contributed by atoms with E-state index in [0.29, 0.717) is 24.6 Å². The molecule has 5 heteroatoms. The maximum Gasteiger partial charge on any atom is 0.191 e. The van der Waals surface area contributed by atoms with E-state index in [1.807, 2.05) is 0 Å². The van der Waals surface area contributed by atoms with Crippen molar-refractivity contribution >= 4 is 5.96 Å². The second-order valence-electron chi connectivity index (χ2n) is 7.61. The van der Waals surface area contributed by atoms with Gasteiger partial charge in [0, 0.05) is 32.2 Å². The molecule has 0 bridgehead atoms. The average Bonchev–Trinajstić information content (AvgIpc) is 2.60. The molecule has 0 aromatic heterocycles. The highest BCUT2D eigenvalue weighted by atomic mass is 16.5. The van der Waals surface area contributed by atoms with E-state index in [4.69, 9.17) is 9.73 Å². The van der Waals surface area contributed by atoms with E-state index in [1.165, 1.54) is 11.1 Å². The second kappa shape index (κ2) is 10.5. The Labute approximate surface area is 159 Å². The number of hydrogen-bond acceptors (Lipinski definition) is 3. The maximum atomic E-state index is 5.63. The van der Waals surface area contributed by atoms with Crippen LogP contribution in [0.5, 0.6) is 0 Å². The zero-order valence-electron chi connectivity index (χ0n) is 17.1. The van der Waals surface area contributed by atoms with Crippen molar-refractivity contribution in [3.05, 3.63) is 35.4 Å². The van der Waals surface area contributed by atoms with Crippen LogP contribution in [-0.2, 0) is 17.8 Å². The van der Waals surface area contributed by atoms with Crippen molar-refractivity contribution in [1.29, 1.82) is 0 Å². The van der Waals surface area contributed by atoms with Crippen LogP contribution in [0.4, 0.5) is 0 Å². The summed E-state index contributed by atoms with van der Waals surface area (Å²) in [6.07, 6.45) is 0.327. The lowest BCUT2D eigenvalue weighted by Crippen LogP contribution is -2.44. The van der Waals surface area contributed by atoms with E-state index in [-0.39, 0.29) is 0 Å². The number of nitrogens with one attached hydrogen (secondary N) is 2. The summed E-state index contributed by atoms with van der Waals surface area (Å²) in [6.45, 7) is 16.3. The molecule has 1 aliphatic rings. The Hall–Kier alpha value is -1.59. The van der Waals surface area contributed by atoms with Gasteiger partial charge in [0.25, 0.3) is 0 Å². The minimum Gasteiger partial charge on any atom is -0.376 e. The van der Waals surface area contributed by atoms with Gasteiger partial charge in [-0.15, -0.1) is 0 Å². The average molecular weight is 361 g/mol. The van der Waals surface area contributed by atoms with E-state index < -0.39 is 0 Å². The molecule has 1 fully saturated rings. The van der Waals surface area contributed by atoms with Crippen LogP contribution in [0, 0.1) is 5.92 Å². The lowest BCUT2D eigenvalue weighted by atomic mass is 10.1. The number of aliphatic imine (C=N–C) groups is 1.